The molecular weight excluding hydrogens is 483 g/mol. The number of amides is 1. The topological polar surface area (TPSA) is 95.0 Å². The summed E-state index contributed by atoms with van der Waals surface area (Å²) in [6, 6.07) is 14.1. The van der Waals surface area contributed by atoms with Gasteiger partial charge in [-0.3, -0.25) is 9.79 Å². The van der Waals surface area contributed by atoms with Gasteiger partial charge in [-0.05, 0) is 49.2 Å². The van der Waals surface area contributed by atoms with Gasteiger partial charge in [0.05, 0.1) is 7.11 Å². The molecule has 0 saturated carbocycles. The van der Waals surface area contributed by atoms with Gasteiger partial charge in [0.15, 0.2) is 5.96 Å². The third-order valence-corrected chi connectivity index (χ3v) is 4.02. The first-order chi connectivity index (χ1) is 13.6. The Kier molecular flexibility index (Phi) is 11.6. The van der Waals surface area contributed by atoms with Crippen molar-refractivity contribution in [1.29, 1.82) is 0 Å². The second-order valence-corrected chi connectivity index (χ2v) is 6.05. The zero-order chi connectivity index (χ0) is 20.2. The largest absolute Gasteiger partial charge is 0.508 e. The lowest BCUT2D eigenvalue weighted by Crippen LogP contribution is -2.41. The summed E-state index contributed by atoms with van der Waals surface area (Å²) in [5, 5.41) is 18.5. The highest BCUT2D eigenvalue weighted by Crippen LogP contribution is 2.17. The molecule has 0 aliphatic carbocycles. The van der Waals surface area contributed by atoms with Crippen LogP contribution >= 0.6 is 24.0 Å². The molecule has 0 unspecified atom stereocenters. The van der Waals surface area contributed by atoms with Gasteiger partial charge < -0.3 is 25.8 Å². The van der Waals surface area contributed by atoms with Crippen LogP contribution in [0, 0.1) is 0 Å². The maximum Gasteiger partial charge on any atom is 0.251 e. The van der Waals surface area contributed by atoms with Crippen molar-refractivity contribution in [1.82, 2.24) is 16.0 Å². The predicted molar refractivity (Wildman–Crippen MR) is 127 cm³/mol. The standard InChI is InChI=1S/C21H28N4O3.HI/c1-3-22-21(24-13-12-16-6-4-5-7-19(16)28-2)25-15-14-23-20(27)17-8-10-18(26)11-9-17;/h4-11,26H,3,12-15H2,1-2H3,(H,23,27)(H2,22,24,25);1H. The monoisotopic (exact) mass is 512 g/mol. The van der Waals surface area contributed by atoms with Crippen molar-refractivity contribution in [2.75, 3.05) is 33.3 Å². The molecule has 29 heavy (non-hydrogen) atoms. The predicted octanol–water partition coefficient (Wildman–Crippen LogP) is 2.55. The molecule has 7 nitrogen and oxygen atoms in total. The number of aromatic hydroxyl groups is 1. The molecule has 0 atom stereocenters. The maximum atomic E-state index is 12.0. The number of methoxy groups -OCH3 is 1. The molecule has 0 aliphatic rings. The first-order valence-electron chi connectivity index (χ1n) is 9.35. The van der Waals surface area contributed by atoms with Gasteiger partial charge >= 0.3 is 0 Å². The maximum absolute atomic E-state index is 12.0. The van der Waals surface area contributed by atoms with E-state index in [1.807, 2.05) is 31.2 Å². The van der Waals surface area contributed by atoms with Crippen LogP contribution in [-0.2, 0) is 6.42 Å². The second-order valence-electron chi connectivity index (χ2n) is 6.05. The number of nitrogens with one attached hydrogen (secondary N) is 3. The average Bonchev–Trinajstić information content (AvgIpc) is 2.71. The van der Waals surface area contributed by atoms with Crippen LogP contribution in [0.5, 0.6) is 11.5 Å². The summed E-state index contributed by atoms with van der Waals surface area (Å²) in [6.45, 7) is 4.38. The van der Waals surface area contributed by atoms with Crippen LogP contribution < -0.4 is 20.7 Å². The Hall–Kier alpha value is -2.49. The number of halogens is 1. The number of rotatable bonds is 9. The fourth-order valence-corrected chi connectivity index (χ4v) is 2.61. The van der Waals surface area contributed by atoms with E-state index >= 15 is 0 Å². The van der Waals surface area contributed by atoms with Gasteiger partial charge in [0.25, 0.3) is 5.91 Å². The molecular formula is C21H29IN4O3. The van der Waals surface area contributed by atoms with E-state index in [9.17, 15) is 9.90 Å². The lowest BCUT2D eigenvalue weighted by Gasteiger charge is -2.12. The molecule has 8 heteroatoms. The summed E-state index contributed by atoms with van der Waals surface area (Å²) in [4.78, 5) is 16.6. The number of guanidine groups is 1. The van der Waals surface area contributed by atoms with Crippen molar-refractivity contribution in [2.45, 2.75) is 13.3 Å². The fraction of sp³-hybridized carbons (Fsp3) is 0.333. The number of aliphatic imine (C=N–C) groups is 1. The van der Waals surface area contributed by atoms with Crippen LogP contribution in [0.15, 0.2) is 53.5 Å². The second kappa shape index (κ2) is 13.6. The van der Waals surface area contributed by atoms with Crippen LogP contribution in [0.3, 0.4) is 0 Å². The summed E-state index contributed by atoms with van der Waals surface area (Å²) >= 11 is 0. The Balaban J connectivity index is 0.00000420. The van der Waals surface area contributed by atoms with Crippen molar-refractivity contribution in [3.05, 3.63) is 59.7 Å². The Morgan fingerprint density at radius 1 is 1.03 bits per heavy atom. The van der Waals surface area contributed by atoms with Crippen LogP contribution in [-0.4, -0.2) is 50.3 Å². The van der Waals surface area contributed by atoms with E-state index in [-0.39, 0.29) is 35.6 Å². The molecule has 2 aromatic carbocycles. The van der Waals surface area contributed by atoms with Gasteiger partial charge in [0.1, 0.15) is 11.5 Å². The number of benzene rings is 2. The Morgan fingerprint density at radius 2 is 1.72 bits per heavy atom. The van der Waals surface area contributed by atoms with E-state index < -0.39 is 0 Å². The lowest BCUT2D eigenvalue weighted by molar-refractivity contribution is 0.0954. The lowest BCUT2D eigenvalue weighted by atomic mass is 10.1. The van der Waals surface area contributed by atoms with E-state index in [2.05, 4.69) is 20.9 Å². The third kappa shape index (κ3) is 8.59. The minimum absolute atomic E-state index is 0. The minimum atomic E-state index is -0.181. The molecule has 1 amide bonds. The fourth-order valence-electron chi connectivity index (χ4n) is 2.61. The molecule has 4 N–H and O–H groups in total. The molecule has 0 fully saturated rings. The van der Waals surface area contributed by atoms with Crippen molar-refractivity contribution in [3.8, 4) is 11.5 Å². The smallest absolute Gasteiger partial charge is 0.251 e. The third-order valence-electron chi connectivity index (χ3n) is 4.02. The van der Waals surface area contributed by atoms with Gasteiger partial charge in [0.2, 0.25) is 0 Å². The van der Waals surface area contributed by atoms with E-state index in [0.717, 1.165) is 24.3 Å². The Morgan fingerprint density at radius 3 is 2.41 bits per heavy atom. The van der Waals surface area contributed by atoms with E-state index in [0.29, 0.717) is 31.2 Å². The van der Waals surface area contributed by atoms with E-state index in [1.54, 1.807) is 19.2 Å². The Labute approximate surface area is 189 Å². The molecule has 0 spiro atoms. The van der Waals surface area contributed by atoms with Crippen molar-refractivity contribution in [3.63, 3.8) is 0 Å². The van der Waals surface area contributed by atoms with Crippen LogP contribution in [0.25, 0.3) is 0 Å². The summed E-state index contributed by atoms with van der Waals surface area (Å²) < 4.78 is 5.36. The van der Waals surface area contributed by atoms with E-state index in [1.165, 1.54) is 12.1 Å². The number of phenols is 1. The number of phenolic OH excluding ortho intramolecular Hbond substituents is 1. The van der Waals surface area contributed by atoms with Crippen molar-refractivity contribution in [2.24, 2.45) is 4.99 Å². The van der Waals surface area contributed by atoms with Gasteiger partial charge in [-0.15, -0.1) is 24.0 Å². The molecule has 0 aliphatic heterocycles. The normalized spacial score (nSPS) is 10.6. The van der Waals surface area contributed by atoms with Crippen molar-refractivity contribution >= 4 is 35.8 Å². The number of carbonyl (C=O) groups excluding carboxylic acids is 1. The SMILES string of the molecule is CCNC(=NCCc1ccccc1OC)NCCNC(=O)c1ccc(O)cc1.I. The quantitative estimate of drug-likeness (QED) is 0.179. The first-order valence-corrected chi connectivity index (χ1v) is 9.35. The highest BCUT2D eigenvalue weighted by atomic mass is 127. The van der Waals surface area contributed by atoms with Gasteiger partial charge in [-0.1, -0.05) is 18.2 Å². The van der Waals surface area contributed by atoms with Crippen LogP contribution in [0.2, 0.25) is 0 Å². The highest BCUT2D eigenvalue weighted by Gasteiger charge is 2.05. The van der Waals surface area contributed by atoms with Gasteiger partial charge in [-0.2, -0.15) is 0 Å². The van der Waals surface area contributed by atoms with Gasteiger partial charge in [0, 0.05) is 31.7 Å². The molecule has 0 aromatic heterocycles. The molecule has 0 heterocycles. The molecule has 0 saturated heterocycles. The summed E-state index contributed by atoms with van der Waals surface area (Å²) in [5.41, 5.74) is 1.63. The van der Waals surface area contributed by atoms with Crippen LogP contribution in [0.1, 0.15) is 22.8 Å². The number of hydrogen-bond donors (Lipinski definition) is 4. The number of nitrogens with zero attached hydrogens (tertiary/aromatic N) is 1. The molecule has 0 radical (unpaired) electrons. The average molecular weight is 512 g/mol. The summed E-state index contributed by atoms with van der Waals surface area (Å²) in [5.74, 6) is 1.53. The van der Waals surface area contributed by atoms with E-state index in [4.69, 9.17) is 4.74 Å². The van der Waals surface area contributed by atoms with Crippen molar-refractivity contribution < 1.29 is 14.6 Å². The zero-order valence-electron chi connectivity index (χ0n) is 16.8. The summed E-state index contributed by atoms with van der Waals surface area (Å²) in [6.07, 6.45) is 0.776. The first kappa shape index (κ1) is 24.5. The van der Waals surface area contributed by atoms with Gasteiger partial charge in [-0.25, -0.2) is 0 Å². The highest BCUT2D eigenvalue weighted by molar-refractivity contribution is 14.0. The molecule has 2 aromatic rings. The Bertz CT molecular complexity index is 782. The van der Waals surface area contributed by atoms with Crippen LogP contribution in [0.4, 0.5) is 0 Å². The number of ether oxygens (including phenoxy) is 1. The molecule has 158 valence electrons. The molecule has 0 bridgehead atoms. The minimum Gasteiger partial charge on any atom is -0.508 e. The number of hydrogen-bond acceptors (Lipinski definition) is 4. The number of para-hydroxylation sites is 1. The molecule has 2 rings (SSSR count). The number of carbonyl (C=O) groups is 1. The zero-order valence-corrected chi connectivity index (χ0v) is 19.1. The summed E-state index contributed by atoms with van der Waals surface area (Å²) in [7, 11) is 1.67.